The molecule has 6 nitrogen and oxygen atoms in total. The number of rotatable bonds is 2. The van der Waals surface area contributed by atoms with E-state index < -0.39 is 11.8 Å². The van der Waals surface area contributed by atoms with E-state index in [1.165, 1.54) is 30.0 Å². The number of nitriles is 1. The fourth-order valence-corrected chi connectivity index (χ4v) is 2.58. The Hall–Kier alpha value is -3.24. The predicted molar refractivity (Wildman–Crippen MR) is 95.0 cm³/mol. The second kappa shape index (κ2) is 6.34. The number of carbonyl (C=O) groups excluding carboxylic acids is 2. The van der Waals surface area contributed by atoms with E-state index in [0.717, 1.165) is 5.56 Å². The third-order valence-electron chi connectivity index (χ3n) is 3.86. The normalized spacial score (nSPS) is 14.8. The molecule has 0 unspecified atom stereocenters. The smallest absolute Gasteiger partial charge is 0.265 e. The van der Waals surface area contributed by atoms with E-state index in [-0.39, 0.29) is 10.7 Å². The summed E-state index contributed by atoms with van der Waals surface area (Å²) >= 11 is 5.05. The summed E-state index contributed by atoms with van der Waals surface area (Å²) in [4.78, 5) is 27.1. The van der Waals surface area contributed by atoms with Crippen molar-refractivity contribution in [2.24, 2.45) is 0 Å². The highest BCUT2D eigenvalue weighted by Gasteiger charge is 2.35. The summed E-state index contributed by atoms with van der Waals surface area (Å²) in [5.41, 5.74) is 1.33. The number of hydrogen-bond donors (Lipinski definition) is 0. The molecular formula is C18H13N3O3S. The molecule has 1 aromatic heterocycles. The van der Waals surface area contributed by atoms with Gasteiger partial charge in [0.25, 0.3) is 11.8 Å². The van der Waals surface area contributed by atoms with Gasteiger partial charge in [-0.15, -0.1) is 0 Å². The van der Waals surface area contributed by atoms with Gasteiger partial charge < -0.3 is 4.42 Å². The van der Waals surface area contributed by atoms with Crippen LogP contribution in [0.15, 0.2) is 46.4 Å². The lowest BCUT2D eigenvalue weighted by atomic mass is 10.1. The van der Waals surface area contributed by atoms with Gasteiger partial charge in [0.15, 0.2) is 5.11 Å². The molecule has 0 bridgehead atoms. The van der Waals surface area contributed by atoms with E-state index in [1.54, 1.807) is 36.4 Å². The molecule has 0 aliphatic carbocycles. The quantitative estimate of drug-likeness (QED) is 0.472. The molecule has 1 aliphatic rings. The minimum absolute atomic E-state index is 0.0145. The zero-order chi connectivity index (χ0) is 18.1. The van der Waals surface area contributed by atoms with Crippen molar-refractivity contribution in [3.63, 3.8) is 0 Å². The Morgan fingerprint density at radius 2 is 1.64 bits per heavy atom. The van der Waals surface area contributed by atoms with Crippen molar-refractivity contribution in [1.82, 2.24) is 9.80 Å². The van der Waals surface area contributed by atoms with E-state index in [1.807, 2.05) is 0 Å². The maximum absolute atomic E-state index is 12.3. The summed E-state index contributed by atoms with van der Waals surface area (Å²) in [5.74, 6) is 0.0174. The number of amides is 2. The lowest BCUT2D eigenvalue weighted by Crippen LogP contribution is -2.52. The fraction of sp³-hybridized carbons (Fsp3) is 0.111. The summed E-state index contributed by atoms with van der Waals surface area (Å²) in [6.45, 7) is 0. The molecule has 1 aliphatic heterocycles. The Kier molecular flexibility index (Phi) is 4.21. The van der Waals surface area contributed by atoms with E-state index in [0.29, 0.717) is 17.1 Å². The maximum atomic E-state index is 12.3. The van der Waals surface area contributed by atoms with Gasteiger partial charge in [-0.1, -0.05) is 0 Å². The molecule has 0 N–H and O–H groups in total. The molecule has 0 atom stereocenters. The van der Waals surface area contributed by atoms with Crippen LogP contribution in [0, 0.1) is 11.3 Å². The third-order valence-corrected chi connectivity index (χ3v) is 4.40. The maximum Gasteiger partial charge on any atom is 0.265 e. The van der Waals surface area contributed by atoms with Crippen LogP contribution in [0.2, 0.25) is 0 Å². The first-order chi connectivity index (χ1) is 11.9. The molecule has 0 radical (unpaired) electrons. The monoisotopic (exact) mass is 351 g/mol. The first-order valence-electron chi connectivity index (χ1n) is 7.34. The van der Waals surface area contributed by atoms with Gasteiger partial charge in [-0.25, -0.2) is 0 Å². The summed E-state index contributed by atoms with van der Waals surface area (Å²) in [6, 6.07) is 12.4. The molecule has 0 saturated carbocycles. The topological polar surface area (TPSA) is 77.5 Å². The summed E-state index contributed by atoms with van der Waals surface area (Å²) in [5, 5.41) is 8.99. The lowest BCUT2D eigenvalue weighted by Gasteiger charge is -2.31. The van der Waals surface area contributed by atoms with Gasteiger partial charge >= 0.3 is 0 Å². The number of benzene rings is 1. The summed E-state index contributed by atoms with van der Waals surface area (Å²) in [6.07, 6.45) is 1.41. The molecule has 7 heteroatoms. The van der Waals surface area contributed by atoms with E-state index in [2.05, 4.69) is 6.07 Å². The Balaban J connectivity index is 1.93. The van der Waals surface area contributed by atoms with Crippen molar-refractivity contribution in [3.05, 3.63) is 53.3 Å². The van der Waals surface area contributed by atoms with E-state index in [4.69, 9.17) is 21.9 Å². The Morgan fingerprint density at radius 1 is 1.04 bits per heavy atom. The summed E-state index contributed by atoms with van der Waals surface area (Å²) in [7, 11) is 3.04. The first kappa shape index (κ1) is 16.6. The zero-order valence-electron chi connectivity index (χ0n) is 13.5. The SMILES string of the molecule is CN1C(=O)C(=Cc2ccc(-c3ccc(C#N)cc3)o2)C(=O)N(C)C1=S. The van der Waals surface area contributed by atoms with Gasteiger partial charge in [-0.05, 0) is 54.7 Å². The van der Waals surface area contributed by atoms with Crippen LogP contribution >= 0.6 is 12.2 Å². The van der Waals surface area contributed by atoms with Gasteiger partial charge in [-0.2, -0.15) is 5.26 Å². The second-order valence-corrected chi connectivity index (χ2v) is 5.83. The molecule has 2 aromatic rings. The minimum atomic E-state index is -0.468. The highest BCUT2D eigenvalue weighted by Crippen LogP contribution is 2.25. The van der Waals surface area contributed by atoms with Crippen LogP contribution in [0.3, 0.4) is 0 Å². The first-order valence-corrected chi connectivity index (χ1v) is 7.75. The van der Waals surface area contributed by atoms with Crippen LogP contribution in [0.1, 0.15) is 11.3 Å². The van der Waals surface area contributed by atoms with Gasteiger partial charge in [0, 0.05) is 19.7 Å². The number of carbonyl (C=O) groups is 2. The Labute approximate surface area is 149 Å². The molecule has 124 valence electrons. The average Bonchev–Trinajstić information content (AvgIpc) is 3.10. The van der Waals surface area contributed by atoms with E-state index in [9.17, 15) is 9.59 Å². The molecular weight excluding hydrogens is 338 g/mol. The molecule has 2 amide bonds. The van der Waals surface area contributed by atoms with Crippen molar-refractivity contribution in [2.75, 3.05) is 14.1 Å². The van der Waals surface area contributed by atoms with Crippen LogP contribution in [0.5, 0.6) is 0 Å². The lowest BCUT2D eigenvalue weighted by molar-refractivity contribution is -0.132. The molecule has 1 saturated heterocycles. The molecule has 1 fully saturated rings. The largest absolute Gasteiger partial charge is 0.457 e. The molecule has 1 aromatic carbocycles. The van der Waals surface area contributed by atoms with Crippen molar-refractivity contribution in [2.45, 2.75) is 0 Å². The van der Waals surface area contributed by atoms with Gasteiger partial charge in [0.1, 0.15) is 17.1 Å². The number of likely N-dealkylation sites (N-methyl/N-ethyl adjacent to an activating group) is 2. The number of furan rings is 1. The second-order valence-electron chi connectivity index (χ2n) is 5.46. The predicted octanol–water partition coefficient (Wildman–Crippen LogP) is 2.42. The summed E-state index contributed by atoms with van der Waals surface area (Å²) < 4.78 is 5.71. The van der Waals surface area contributed by atoms with Gasteiger partial charge in [0.05, 0.1) is 11.6 Å². The van der Waals surface area contributed by atoms with Gasteiger partial charge in [0.2, 0.25) is 0 Å². The molecule has 0 spiro atoms. The van der Waals surface area contributed by atoms with Crippen molar-refractivity contribution < 1.29 is 14.0 Å². The van der Waals surface area contributed by atoms with Crippen LogP contribution in [0.25, 0.3) is 17.4 Å². The van der Waals surface area contributed by atoms with Crippen LogP contribution in [-0.4, -0.2) is 40.8 Å². The minimum Gasteiger partial charge on any atom is -0.457 e. The van der Waals surface area contributed by atoms with Gasteiger partial charge in [-0.3, -0.25) is 19.4 Å². The standard InChI is InChI=1S/C18H13N3O3S/c1-20-16(22)14(17(23)21(2)18(20)25)9-13-7-8-15(24-13)12-5-3-11(10-19)4-6-12/h3-9H,1-2H3. The Bertz CT molecular complexity index is 925. The van der Waals surface area contributed by atoms with Crippen molar-refractivity contribution in [3.8, 4) is 17.4 Å². The fourth-order valence-electron chi connectivity index (χ4n) is 2.41. The third kappa shape index (κ3) is 2.95. The van der Waals surface area contributed by atoms with Crippen LogP contribution < -0.4 is 0 Å². The van der Waals surface area contributed by atoms with Crippen LogP contribution in [-0.2, 0) is 9.59 Å². The zero-order valence-corrected chi connectivity index (χ0v) is 14.3. The van der Waals surface area contributed by atoms with Crippen LogP contribution in [0.4, 0.5) is 0 Å². The number of thiocarbonyl (C=S) groups is 1. The number of hydrogen-bond acceptors (Lipinski definition) is 5. The van der Waals surface area contributed by atoms with Crippen molar-refractivity contribution in [1.29, 1.82) is 5.26 Å². The molecule has 25 heavy (non-hydrogen) atoms. The average molecular weight is 351 g/mol. The highest BCUT2D eigenvalue weighted by molar-refractivity contribution is 7.80. The van der Waals surface area contributed by atoms with Crippen molar-refractivity contribution >= 4 is 35.2 Å². The highest BCUT2D eigenvalue weighted by atomic mass is 32.1. The van der Waals surface area contributed by atoms with E-state index >= 15 is 0 Å². The molecule has 2 heterocycles. The molecule has 3 rings (SSSR count). The number of nitrogens with zero attached hydrogens (tertiary/aromatic N) is 3. The Morgan fingerprint density at radius 3 is 2.20 bits per heavy atom.